The van der Waals surface area contributed by atoms with Crippen LogP contribution in [0.15, 0.2) is 64.6 Å². The van der Waals surface area contributed by atoms with Gasteiger partial charge in [-0.2, -0.15) is 4.98 Å². The number of aliphatic imine (C=N–C) groups is 1. The van der Waals surface area contributed by atoms with Crippen LogP contribution in [0.2, 0.25) is 0 Å². The Morgan fingerprint density at radius 3 is 2.81 bits per heavy atom. The second-order valence-corrected chi connectivity index (χ2v) is 7.95. The highest BCUT2D eigenvalue weighted by Crippen LogP contribution is 2.30. The minimum absolute atomic E-state index is 0.123. The highest BCUT2D eigenvalue weighted by molar-refractivity contribution is 5.88. The minimum Gasteiger partial charge on any atom is -0.432 e. The fourth-order valence-electron chi connectivity index (χ4n) is 3.99. The highest BCUT2D eigenvalue weighted by atomic mass is 16.3. The second-order valence-electron chi connectivity index (χ2n) is 7.95. The van der Waals surface area contributed by atoms with Crippen molar-refractivity contribution < 1.29 is 9.21 Å². The lowest BCUT2D eigenvalue weighted by Crippen LogP contribution is -2.43. The molecule has 1 aliphatic heterocycles. The lowest BCUT2D eigenvalue weighted by Gasteiger charge is -2.32. The number of fused-ring (bicyclic) bond motifs is 1. The molecule has 3 aromatic rings. The van der Waals surface area contributed by atoms with E-state index < -0.39 is 0 Å². The molecule has 0 aliphatic carbocycles. The molecule has 0 radical (unpaired) electrons. The maximum Gasteiger partial charge on any atom is 0.306 e. The number of likely N-dealkylation sites (tertiary alicyclic amines) is 1. The number of benzene rings is 1. The largest absolute Gasteiger partial charge is 0.432 e. The van der Waals surface area contributed by atoms with Crippen molar-refractivity contribution >= 4 is 23.7 Å². The van der Waals surface area contributed by atoms with E-state index in [4.69, 9.17) is 10.2 Å². The van der Waals surface area contributed by atoms with Crippen molar-refractivity contribution in [2.24, 2.45) is 10.7 Å². The second kappa shape index (κ2) is 9.13. The molecule has 4 rings (SSSR count). The summed E-state index contributed by atoms with van der Waals surface area (Å²) in [7, 11) is 0. The Kier molecular flexibility index (Phi) is 6.11. The van der Waals surface area contributed by atoms with Gasteiger partial charge in [0.1, 0.15) is 17.8 Å². The van der Waals surface area contributed by atoms with Crippen molar-refractivity contribution in [3.63, 3.8) is 0 Å². The van der Waals surface area contributed by atoms with E-state index >= 15 is 0 Å². The van der Waals surface area contributed by atoms with Crippen molar-refractivity contribution in [3.8, 4) is 11.3 Å². The maximum atomic E-state index is 11.5. The average Bonchev–Trinajstić information content (AvgIpc) is 3.35. The molecule has 166 valence electrons. The number of hydrogen-bond donors (Lipinski definition) is 2. The van der Waals surface area contributed by atoms with Crippen LogP contribution in [0.3, 0.4) is 0 Å². The molecule has 8 heteroatoms. The smallest absolute Gasteiger partial charge is 0.306 e. The van der Waals surface area contributed by atoms with Crippen LogP contribution in [0, 0.1) is 6.92 Å². The summed E-state index contributed by atoms with van der Waals surface area (Å²) in [6.45, 7) is 9.14. The summed E-state index contributed by atoms with van der Waals surface area (Å²) < 4.78 is 7.32. The molecule has 1 saturated heterocycles. The van der Waals surface area contributed by atoms with Crippen LogP contribution < -0.4 is 11.1 Å². The first-order chi connectivity index (χ1) is 15.4. The quantitative estimate of drug-likeness (QED) is 0.582. The first kappa shape index (κ1) is 21.4. The molecule has 0 bridgehead atoms. The van der Waals surface area contributed by atoms with Gasteiger partial charge in [-0.05, 0) is 31.4 Å². The monoisotopic (exact) mass is 432 g/mol. The van der Waals surface area contributed by atoms with Gasteiger partial charge in [-0.3, -0.25) is 9.20 Å². The fraction of sp³-hybridized carbons (Fsp3) is 0.292. The Balaban J connectivity index is 1.49. The molecule has 0 spiro atoms. The Hall–Kier alpha value is -3.81. The molecule has 1 aliphatic rings. The topological polar surface area (TPSA) is 101 Å². The molecule has 1 aromatic carbocycles. The van der Waals surface area contributed by atoms with Gasteiger partial charge in [-0.1, -0.05) is 30.8 Å². The third kappa shape index (κ3) is 4.44. The normalized spacial score (nSPS) is 15.6. The van der Waals surface area contributed by atoms with Gasteiger partial charge in [0.2, 0.25) is 5.91 Å². The summed E-state index contributed by atoms with van der Waals surface area (Å²) in [5.41, 5.74) is 10.6. The standard InChI is InChI=1S/C24H28N6O2/c1-16-6-4-5-7-20(16)22-23(30-14-15-32-24(30)28-22)21(25)8-11-26-17(2)27-19-9-12-29(13-10-19)18(3)31/h4-8,11,14-15,19,27H,2,9-10,12-13,25H2,1,3H3/b21-8-,26-11?. The Morgan fingerprint density at radius 1 is 1.34 bits per heavy atom. The molecule has 3 N–H and O–H groups in total. The van der Waals surface area contributed by atoms with Crippen LogP contribution in [-0.4, -0.2) is 45.5 Å². The van der Waals surface area contributed by atoms with Gasteiger partial charge >= 0.3 is 5.84 Å². The summed E-state index contributed by atoms with van der Waals surface area (Å²) in [6.07, 6.45) is 8.50. The van der Waals surface area contributed by atoms with Crippen LogP contribution in [0.1, 0.15) is 31.0 Å². The van der Waals surface area contributed by atoms with E-state index in [1.54, 1.807) is 31.7 Å². The van der Waals surface area contributed by atoms with Crippen LogP contribution >= 0.6 is 0 Å². The highest BCUT2D eigenvalue weighted by Gasteiger charge is 2.21. The summed E-state index contributed by atoms with van der Waals surface area (Å²) in [5, 5.41) is 3.32. The predicted molar refractivity (Wildman–Crippen MR) is 126 cm³/mol. The predicted octanol–water partition coefficient (Wildman–Crippen LogP) is 3.34. The average molecular weight is 433 g/mol. The van der Waals surface area contributed by atoms with Gasteiger partial charge in [0.25, 0.3) is 0 Å². The third-order valence-corrected chi connectivity index (χ3v) is 5.73. The van der Waals surface area contributed by atoms with Crippen molar-refractivity contribution in [2.45, 2.75) is 32.7 Å². The number of oxazole rings is 1. The summed E-state index contributed by atoms with van der Waals surface area (Å²) in [4.78, 5) is 22.4. The molecule has 2 aromatic heterocycles. The summed E-state index contributed by atoms with van der Waals surface area (Å²) >= 11 is 0. The van der Waals surface area contributed by atoms with Crippen LogP contribution in [0.5, 0.6) is 0 Å². The third-order valence-electron chi connectivity index (χ3n) is 5.73. The zero-order valence-electron chi connectivity index (χ0n) is 18.4. The molecule has 3 heterocycles. The van der Waals surface area contributed by atoms with Gasteiger partial charge in [0.05, 0.1) is 11.4 Å². The zero-order valence-corrected chi connectivity index (χ0v) is 18.4. The van der Waals surface area contributed by atoms with Crippen molar-refractivity contribution in [3.05, 3.63) is 66.5 Å². The summed E-state index contributed by atoms with van der Waals surface area (Å²) in [6, 6.07) is 8.28. The molecule has 8 nitrogen and oxygen atoms in total. The molecular weight excluding hydrogens is 404 g/mol. The van der Waals surface area contributed by atoms with E-state index in [9.17, 15) is 4.79 Å². The molecule has 1 fully saturated rings. The number of carbonyl (C=O) groups excluding carboxylic acids is 1. The SMILES string of the molecule is C=C(N=C/C=C(\N)c1c(-c2ccccc2C)nc2occn12)NC1CCN(C(C)=O)CC1. The van der Waals surface area contributed by atoms with Crippen molar-refractivity contribution in [1.82, 2.24) is 19.6 Å². The van der Waals surface area contributed by atoms with Crippen molar-refractivity contribution in [1.29, 1.82) is 0 Å². The van der Waals surface area contributed by atoms with Crippen LogP contribution in [-0.2, 0) is 4.79 Å². The zero-order chi connectivity index (χ0) is 22.7. The lowest BCUT2D eigenvalue weighted by molar-refractivity contribution is -0.129. The van der Waals surface area contributed by atoms with E-state index in [2.05, 4.69) is 21.9 Å². The molecule has 0 atom stereocenters. The van der Waals surface area contributed by atoms with Gasteiger partial charge in [-0.15, -0.1) is 0 Å². The van der Waals surface area contributed by atoms with E-state index in [1.165, 1.54) is 0 Å². The maximum absolute atomic E-state index is 11.5. The number of carbonyl (C=O) groups is 1. The number of rotatable bonds is 6. The van der Waals surface area contributed by atoms with Gasteiger partial charge in [0.15, 0.2) is 0 Å². The Labute approximate surface area is 187 Å². The molecule has 1 amide bonds. The van der Waals surface area contributed by atoms with E-state index in [0.29, 0.717) is 17.4 Å². The number of nitrogens with one attached hydrogen (secondary N) is 1. The van der Waals surface area contributed by atoms with Crippen molar-refractivity contribution in [2.75, 3.05) is 13.1 Å². The van der Waals surface area contributed by atoms with Gasteiger partial charge < -0.3 is 20.4 Å². The van der Waals surface area contributed by atoms with E-state index in [0.717, 1.165) is 48.4 Å². The fourth-order valence-corrected chi connectivity index (χ4v) is 3.99. The first-order valence-electron chi connectivity index (χ1n) is 10.7. The van der Waals surface area contributed by atoms with Gasteiger partial charge in [-0.25, -0.2) is 4.99 Å². The molecule has 0 saturated carbocycles. The molecule has 0 unspecified atom stereocenters. The molecule has 32 heavy (non-hydrogen) atoms. The number of aromatic nitrogens is 2. The van der Waals surface area contributed by atoms with E-state index in [-0.39, 0.29) is 11.9 Å². The Bertz CT molecular complexity index is 1190. The number of hydrogen-bond acceptors (Lipinski definition) is 6. The number of amides is 1. The number of allylic oxidation sites excluding steroid dienone is 1. The van der Waals surface area contributed by atoms with E-state index in [1.807, 2.05) is 40.5 Å². The number of piperidine rings is 1. The van der Waals surface area contributed by atoms with Crippen LogP contribution in [0.25, 0.3) is 22.8 Å². The first-order valence-corrected chi connectivity index (χ1v) is 10.7. The number of nitrogens with zero attached hydrogens (tertiary/aromatic N) is 4. The number of imidazole rings is 1. The van der Waals surface area contributed by atoms with Gasteiger partial charge in [0, 0.05) is 44.0 Å². The lowest BCUT2D eigenvalue weighted by atomic mass is 10.0. The summed E-state index contributed by atoms with van der Waals surface area (Å²) in [5.74, 6) is 1.17. The Morgan fingerprint density at radius 2 is 2.09 bits per heavy atom. The van der Waals surface area contributed by atoms with Crippen LogP contribution in [0.4, 0.5) is 0 Å². The number of aryl methyl sites for hydroxylation is 1. The number of nitrogens with two attached hydrogens (primary N) is 1. The minimum atomic E-state index is 0.123. The molecular formula is C24H28N6O2.